The smallest absolute Gasteiger partial charge is 0.192 e. The number of aryl methyl sites for hydroxylation is 1. The van der Waals surface area contributed by atoms with E-state index in [1.54, 1.807) is 0 Å². The first-order valence-electron chi connectivity index (χ1n) is 17.7. The van der Waals surface area contributed by atoms with Crippen molar-refractivity contribution < 1.29 is 4.42 Å². The van der Waals surface area contributed by atoms with E-state index >= 15 is 0 Å². The molecule has 0 aliphatic rings. The maximum Gasteiger partial charge on any atom is 0.192 e. The van der Waals surface area contributed by atoms with E-state index in [1.165, 1.54) is 33.0 Å². The summed E-state index contributed by atoms with van der Waals surface area (Å²) in [5.74, 6) is 0.668. The predicted octanol–water partition coefficient (Wildman–Crippen LogP) is 13.3. The van der Waals surface area contributed by atoms with E-state index in [0.29, 0.717) is 5.89 Å². The van der Waals surface area contributed by atoms with Crippen molar-refractivity contribution >= 4 is 43.5 Å². The summed E-state index contributed by atoms with van der Waals surface area (Å²) in [4.78, 5) is 9.85. The van der Waals surface area contributed by atoms with Crippen molar-refractivity contribution in [2.45, 2.75) is 6.92 Å². The van der Waals surface area contributed by atoms with Gasteiger partial charge in [0, 0.05) is 23.4 Å². The molecule has 0 radical (unpaired) electrons. The van der Waals surface area contributed by atoms with Crippen molar-refractivity contribution in [3.63, 3.8) is 0 Å². The number of hydrogen-bond acceptors (Lipinski definition) is 3. The van der Waals surface area contributed by atoms with Crippen LogP contribution in [0.5, 0.6) is 0 Å². The normalized spacial score (nSPS) is 11.6. The van der Waals surface area contributed by atoms with Gasteiger partial charge in [-0.15, -0.1) is 0 Å². The Balaban J connectivity index is 1.13. The van der Waals surface area contributed by atoms with Gasteiger partial charge in [-0.3, -0.25) is 0 Å². The monoisotopic (exact) mass is 664 g/mol. The highest BCUT2D eigenvalue weighted by Gasteiger charge is 2.18. The second-order valence-corrected chi connectivity index (χ2v) is 13.4. The Hall–Kier alpha value is -6.84. The summed E-state index contributed by atoms with van der Waals surface area (Å²) in [6.45, 7) is 1.91. The Morgan fingerprint density at radius 1 is 0.385 bits per heavy atom. The van der Waals surface area contributed by atoms with Gasteiger partial charge in [-0.25, -0.2) is 9.97 Å². The van der Waals surface area contributed by atoms with Gasteiger partial charge in [0.05, 0.1) is 11.2 Å². The lowest BCUT2D eigenvalue weighted by atomic mass is 9.88. The van der Waals surface area contributed by atoms with E-state index in [9.17, 15) is 0 Å². The molecule has 52 heavy (non-hydrogen) atoms. The molecule has 0 atom stereocenters. The molecule has 0 bridgehead atoms. The van der Waals surface area contributed by atoms with Crippen molar-refractivity contribution in [3.8, 4) is 55.8 Å². The van der Waals surface area contributed by atoms with Gasteiger partial charge in [0.1, 0.15) is 5.52 Å². The van der Waals surface area contributed by atoms with Gasteiger partial charge in [-0.05, 0) is 84.8 Å². The molecule has 0 spiro atoms. The molecule has 8 aromatic carbocycles. The highest BCUT2D eigenvalue weighted by molar-refractivity contribution is 6.10. The molecular weight excluding hydrogens is 633 g/mol. The zero-order chi connectivity index (χ0) is 34.6. The number of pyridine rings is 1. The fourth-order valence-corrected chi connectivity index (χ4v) is 7.78. The van der Waals surface area contributed by atoms with Crippen molar-refractivity contribution in [3.05, 3.63) is 182 Å². The SMILES string of the molecule is Cc1nc2cc3ccccc3c(-c3ccc(-c4c(-c5cccc(-c6cc(-c7ccccc7)c7ccccc7n6)c5)ccc5ccccc45)cc3)c2o1. The largest absolute Gasteiger partial charge is 0.440 e. The molecule has 0 aliphatic heterocycles. The van der Waals surface area contributed by atoms with Crippen molar-refractivity contribution in [1.29, 1.82) is 0 Å². The molecule has 10 rings (SSSR count). The van der Waals surface area contributed by atoms with Crippen LogP contribution in [0.1, 0.15) is 5.89 Å². The fraction of sp³-hybridized carbons (Fsp3) is 0.0204. The van der Waals surface area contributed by atoms with E-state index < -0.39 is 0 Å². The van der Waals surface area contributed by atoms with E-state index in [2.05, 4.69) is 181 Å². The van der Waals surface area contributed by atoms with E-state index in [1.807, 2.05) is 6.92 Å². The van der Waals surface area contributed by atoms with Gasteiger partial charge in [-0.2, -0.15) is 0 Å². The first-order valence-corrected chi connectivity index (χ1v) is 17.7. The summed E-state index contributed by atoms with van der Waals surface area (Å²) in [5.41, 5.74) is 13.9. The topological polar surface area (TPSA) is 38.9 Å². The third-order valence-electron chi connectivity index (χ3n) is 10.2. The van der Waals surface area contributed by atoms with Crippen LogP contribution in [-0.4, -0.2) is 9.97 Å². The summed E-state index contributed by atoms with van der Waals surface area (Å²) in [7, 11) is 0. The van der Waals surface area contributed by atoms with Crippen molar-refractivity contribution in [1.82, 2.24) is 9.97 Å². The number of para-hydroxylation sites is 1. The van der Waals surface area contributed by atoms with Gasteiger partial charge < -0.3 is 4.42 Å². The quantitative estimate of drug-likeness (QED) is 0.184. The number of nitrogens with zero attached hydrogens (tertiary/aromatic N) is 2. The van der Waals surface area contributed by atoms with Crippen molar-refractivity contribution in [2.75, 3.05) is 0 Å². The third-order valence-corrected chi connectivity index (χ3v) is 10.2. The predicted molar refractivity (Wildman–Crippen MR) is 216 cm³/mol. The summed E-state index contributed by atoms with van der Waals surface area (Å²) in [5, 5.41) is 5.87. The zero-order valence-corrected chi connectivity index (χ0v) is 28.5. The average molecular weight is 665 g/mol. The van der Waals surface area contributed by atoms with Crippen LogP contribution in [0.25, 0.3) is 99.3 Å². The van der Waals surface area contributed by atoms with Crippen molar-refractivity contribution in [2.24, 2.45) is 0 Å². The molecule has 0 N–H and O–H groups in total. The first-order chi connectivity index (χ1) is 25.7. The zero-order valence-electron chi connectivity index (χ0n) is 28.5. The standard InChI is InChI=1S/C49H32N2O/c1-31-50-46-29-37-15-6-8-19-40(37)48(49(46)52-31)35-24-22-34(23-25-35)47-39-18-7-5-14-33(39)26-27-41(47)36-16-11-17-38(28-36)45-30-43(32-12-3-2-4-13-32)42-20-9-10-21-44(42)51-45/h2-30H,1H3. The second-order valence-electron chi connectivity index (χ2n) is 13.4. The molecule has 3 heteroatoms. The Morgan fingerprint density at radius 3 is 1.83 bits per heavy atom. The maximum atomic E-state index is 6.20. The number of hydrogen-bond donors (Lipinski definition) is 0. The Morgan fingerprint density at radius 2 is 1.02 bits per heavy atom. The average Bonchev–Trinajstić information content (AvgIpc) is 3.58. The number of fused-ring (bicyclic) bond motifs is 4. The third kappa shape index (κ3) is 5.06. The van der Waals surface area contributed by atoms with E-state index in [-0.39, 0.29) is 0 Å². The molecule has 244 valence electrons. The lowest BCUT2D eigenvalue weighted by molar-refractivity contribution is 0.562. The van der Waals surface area contributed by atoms with Crippen LogP contribution in [0.15, 0.2) is 180 Å². The Labute approximate surface area is 301 Å². The van der Waals surface area contributed by atoms with Crippen LogP contribution >= 0.6 is 0 Å². The molecule has 0 saturated heterocycles. The van der Waals surface area contributed by atoms with Crippen LogP contribution in [0.2, 0.25) is 0 Å². The molecule has 2 aromatic heterocycles. The van der Waals surface area contributed by atoms with E-state index in [4.69, 9.17) is 9.40 Å². The molecule has 10 aromatic rings. The Kier molecular flexibility index (Phi) is 7.04. The van der Waals surface area contributed by atoms with Crippen LogP contribution < -0.4 is 0 Å². The minimum Gasteiger partial charge on any atom is -0.440 e. The highest BCUT2D eigenvalue weighted by Crippen LogP contribution is 2.42. The summed E-state index contributed by atoms with van der Waals surface area (Å²) in [6.07, 6.45) is 0. The van der Waals surface area contributed by atoms with Crippen LogP contribution in [-0.2, 0) is 0 Å². The summed E-state index contributed by atoms with van der Waals surface area (Å²) in [6, 6.07) is 62.7. The molecule has 0 unspecified atom stereocenters. The summed E-state index contributed by atoms with van der Waals surface area (Å²) >= 11 is 0. The van der Waals surface area contributed by atoms with Crippen LogP contribution in [0.4, 0.5) is 0 Å². The lowest BCUT2D eigenvalue weighted by Crippen LogP contribution is -1.92. The summed E-state index contributed by atoms with van der Waals surface area (Å²) < 4.78 is 6.20. The van der Waals surface area contributed by atoms with Gasteiger partial charge in [0.25, 0.3) is 0 Å². The number of aromatic nitrogens is 2. The van der Waals surface area contributed by atoms with Gasteiger partial charge >= 0.3 is 0 Å². The van der Waals surface area contributed by atoms with Crippen LogP contribution in [0, 0.1) is 6.92 Å². The number of rotatable bonds is 5. The number of oxazole rings is 1. The minimum atomic E-state index is 0.668. The van der Waals surface area contributed by atoms with Crippen LogP contribution in [0.3, 0.4) is 0 Å². The van der Waals surface area contributed by atoms with Gasteiger partial charge in [-0.1, -0.05) is 152 Å². The molecule has 3 nitrogen and oxygen atoms in total. The molecule has 2 heterocycles. The lowest BCUT2D eigenvalue weighted by Gasteiger charge is -2.16. The van der Waals surface area contributed by atoms with E-state index in [0.717, 1.165) is 66.3 Å². The maximum absolute atomic E-state index is 6.20. The second kappa shape index (κ2) is 12.2. The highest BCUT2D eigenvalue weighted by atomic mass is 16.3. The minimum absolute atomic E-state index is 0.668. The Bertz CT molecular complexity index is 2960. The molecule has 0 saturated carbocycles. The molecular formula is C49H32N2O. The van der Waals surface area contributed by atoms with Gasteiger partial charge in [0.2, 0.25) is 0 Å². The fourth-order valence-electron chi connectivity index (χ4n) is 7.78. The first kappa shape index (κ1) is 30.0. The van der Waals surface area contributed by atoms with Gasteiger partial charge in [0.15, 0.2) is 11.5 Å². The molecule has 0 fully saturated rings. The molecule has 0 aliphatic carbocycles. The molecule has 0 amide bonds. The number of benzene rings is 8.